The molecule has 1 saturated heterocycles. The number of thioether (sulfide) groups is 1. The number of nitrogens with two attached hydrogens (primary N) is 1. The normalized spacial score (nSPS) is 18.6. The molecule has 1 aromatic carbocycles. The summed E-state index contributed by atoms with van der Waals surface area (Å²) in [6, 6.07) is 8.53. The zero-order valence-electron chi connectivity index (χ0n) is 11.1. The molecule has 0 aliphatic carbocycles. The second kappa shape index (κ2) is 7.05. The van der Waals surface area contributed by atoms with Crippen LogP contribution in [0.3, 0.4) is 0 Å². The van der Waals surface area contributed by atoms with Gasteiger partial charge in [0.2, 0.25) is 0 Å². The summed E-state index contributed by atoms with van der Waals surface area (Å²) in [6.07, 6.45) is 4.81. The van der Waals surface area contributed by atoms with E-state index in [9.17, 15) is 0 Å². The topological polar surface area (TPSA) is 35.2 Å². The fraction of sp³-hybridized carbons (Fsp3) is 0.600. The summed E-state index contributed by atoms with van der Waals surface area (Å²) in [5.74, 6) is 4.40. The van der Waals surface area contributed by atoms with Crippen molar-refractivity contribution in [3.8, 4) is 5.75 Å². The Labute approximate surface area is 114 Å². The van der Waals surface area contributed by atoms with Gasteiger partial charge in [0.05, 0.1) is 7.11 Å². The van der Waals surface area contributed by atoms with E-state index in [1.165, 1.54) is 29.9 Å². The summed E-state index contributed by atoms with van der Waals surface area (Å²) >= 11 is 2.08. The average molecular weight is 265 g/mol. The van der Waals surface area contributed by atoms with Gasteiger partial charge in [-0.05, 0) is 60.8 Å². The van der Waals surface area contributed by atoms with Crippen LogP contribution in [0.1, 0.15) is 24.8 Å². The first-order valence-corrected chi connectivity index (χ1v) is 7.89. The van der Waals surface area contributed by atoms with Gasteiger partial charge >= 0.3 is 0 Å². The Morgan fingerprint density at radius 3 is 2.89 bits per heavy atom. The highest BCUT2D eigenvalue weighted by molar-refractivity contribution is 7.99. The minimum atomic E-state index is 0.283. The molecule has 1 aromatic rings. The summed E-state index contributed by atoms with van der Waals surface area (Å²) in [5.41, 5.74) is 7.56. The maximum atomic E-state index is 6.28. The maximum Gasteiger partial charge on any atom is 0.119 e. The standard InChI is InChI=1S/C15H23NOS/c1-17-15-4-2-3-13(11-15)10-14(16)9-12-5-7-18-8-6-12/h2-4,11-12,14H,5-10,16H2,1H3. The summed E-state index contributed by atoms with van der Waals surface area (Å²) in [5, 5.41) is 0. The molecule has 0 radical (unpaired) electrons. The smallest absolute Gasteiger partial charge is 0.119 e. The van der Waals surface area contributed by atoms with Gasteiger partial charge in [0.15, 0.2) is 0 Å². The molecule has 1 aliphatic heterocycles. The minimum Gasteiger partial charge on any atom is -0.497 e. The first kappa shape index (κ1) is 13.8. The van der Waals surface area contributed by atoms with Gasteiger partial charge in [-0.1, -0.05) is 12.1 Å². The molecule has 0 saturated carbocycles. The molecule has 1 aliphatic rings. The van der Waals surface area contributed by atoms with Crippen LogP contribution in [0.5, 0.6) is 5.75 Å². The SMILES string of the molecule is COc1cccc(CC(N)CC2CCSCC2)c1. The monoisotopic (exact) mass is 265 g/mol. The van der Waals surface area contributed by atoms with E-state index >= 15 is 0 Å². The van der Waals surface area contributed by atoms with Crippen molar-refractivity contribution < 1.29 is 4.74 Å². The fourth-order valence-corrected chi connectivity index (χ4v) is 3.80. The molecule has 0 spiro atoms. The molecule has 1 atom stereocenters. The van der Waals surface area contributed by atoms with Crippen molar-refractivity contribution in [2.75, 3.05) is 18.6 Å². The van der Waals surface area contributed by atoms with E-state index in [2.05, 4.69) is 23.9 Å². The molecule has 100 valence electrons. The van der Waals surface area contributed by atoms with E-state index in [-0.39, 0.29) is 6.04 Å². The molecular formula is C15H23NOS. The van der Waals surface area contributed by atoms with Crippen molar-refractivity contribution >= 4 is 11.8 Å². The lowest BCUT2D eigenvalue weighted by Crippen LogP contribution is -2.27. The van der Waals surface area contributed by atoms with Crippen molar-refractivity contribution in [1.29, 1.82) is 0 Å². The summed E-state index contributed by atoms with van der Waals surface area (Å²) < 4.78 is 5.24. The van der Waals surface area contributed by atoms with Crippen LogP contribution in [0.25, 0.3) is 0 Å². The number of hydrogen-bond acceptors (Lipinski definition) is 3. The Morgan fingerprint density at radius 2 is 2.17 bits per heavy atom. The Bertz CT molecular complexity index is 363. The molecule has 2 N–H and O–H groups in total. The average Bonchev–Trinajstić information content (AvgIpc) is 2.40. The first-order valence-electron chi connectivity index (χ1n) is 6.74. The number of methoxy groups -OCH3 is 1. The fourth-order valence-electron chi connectivity index (χ4n) is 2.60. The molecular weight excluding hydrogens is 242 g/mol. The largest absolute Gasteiger partial charge is 0.497 e. The van der Waals surface area contributed by atoms with Gasteiger partial charge in [0, 0.05) is 6.04 Å². The number of rotatable bonds is 5. The van der Waals surface area contributed by atoms with Crippen LogP contribution in [0.15, 0.2) is 24.3 Å². The maximum absolute atomic E-state index is 6.28. The highest BCUT2D eigenvalue weighted by Gasteiger charge is 2.17. The van der Waals surface area contributed by atoms with Gasteiger partial charge in [-0.15, -0.1) is 0 Å². The third kappa shape index (κ3) is 4.21. The van der Waals surface area contributed by atoms with E-state index in [0.29, 0.717) is 0 Å². The molecule has 1 unspecified atom stereocenters. The van der Waals surface area contributed by atoms with Gasteiger partial charge in [0.1, 0.15) is 5.75 Å². The summed E-state index contributed by atoms with van der Waals surface area (Å²) in [6.45, 7) is 0. The van der Waals surface area contributed by atoms with E-state index in [4.69, 9.17) is 10.5 Å². The van der Waals surface area contributed by atoms with Crippen LogP contribution in [-0.4, -0.2) is 24.7 Å². The lowest BCUT2D eigenvalue weighted by Gasteiger charge is -2.24. The number of ether oxygens (including phenoxy) is 1. The van der Waals surface area contributed by atoms with Crippen molar-refractivity contribution in [3.63, 3.8) is 0 Å². The molecule has 0 aromatic heterocycles. The van der Waals surface area contributed by atoms with Crippen LogP contribution < -0.4 is 10.5 Å². The zero-order valence-corrected chi connectivity index (χ0v) is 11.9. The van der Waals surface area contributed by atoms with Gasteiger partial charge < -0.3 is 10.5 Å². The van der Waals surface area contributed by atoms with Crippen LogP contribution in [0.4, 0.5) is 0 Å². The minimum absolute atomic E-state index is 0.283. The van der Waals surface area contributed by atoms with Crippen LogP contribution in [0.2, 0.25) is 0 Å². The van der Waals surface area contributed by atoms with Crippen molar-refractivity contribution in [2.45, 2.75) is 31.7 Å². The zero-order chi connectivity index (χ0) is 12.8. The third-order valence-corrected chi connectivity index (χ3v) is 4.66. The second-order valence-electron chi connectivity index (χ2n) is 5.11. The molecule has 2 rings (SSSR count). The molecule has 18 heavy (non-hydrogen) atoms. The van der Waals surface area contributed by atoms with E-state index in [1.54, 1.807) is 7.11 Å². The first-order chi connectivity index (χ1) is 8.78. The quantitative estimate of drug-likeness (QED) is 0.888. The van der Waals surface area contributed by atoms with Gasteiger partial charge in [0.25, 0.3) is 0 Å². The van der Waals surface area contributed by atoms with Crippen LogP contribution >= 0.6 is 11.8 Å². The van der Waals surface area contributed by atoms with Gasteiger partial charge in [-0.25, -0.2) is 0 Å². The van der Waals surface area contributed by atoms with Gasteiger partial charge in [-0.2, -0.15) is 11.8 Å². The molecule has 1 fully saturated rings. The molecule has 3 heteroatoms. The van der Waals surface area contributed by atoms with E-state index in [1.807, 2.05) is 12.1 Å². The van der Waals surface area contributed by atoms with Crippen LogP contribution in [-0.2, 0) is 6.42 Å². The predicted molar refractivity (Wildman–Crippen MR) is 79.3 cm³/mol. The molecule has 1 heterocycles. The number of hydrogen-bond donors (Lipinski definition) is 1. The van der Waals surface area contributed by atoms with E-state index in [0.717, 1.165) is 24.5 Å². The summed E-state index contributed by atoms with van der Waals surface area (Å²) in [7, 11) is 1.71. The van der Waals surface area contributed by atoms with Crippen molar-refractivity contribution in [2.24, 2.45) is 11.7 Å². The predicted octanol–water partition coefficient (Wildman–Crippen LogP) is 3.10. The highest BCUT2D eigenvalue weighted by Crippen LogP contribution is 2.26. The number of benzene rings is 1. The molecule has 2 nitrogen and oxygen atoms in total. The summed E-state index contributed by atoms with van der Waals surface area (Å²) in [4.78, 5) is 0. The Balaban J connectivity index is 1.83. The molecule has 0 amide bonds. The van der Waals surface area contributed by atoms with Crippen LogP contribution in [0, 0.1) is 5.92 Å². The van der Waals surface area contributed by atoms with Gasteiger partial charge in [-0.3, -0.25) is 0 Å². The molecule has 0 bridgehead atoms. The van der Waals surface area contributed by atoms with Crippen molar-refractivity contribution in [1.82, 2.24) is 0 Å². The lowest BCUT2D eigenvalue weighted by atomic mass is 9.91. The Hall–Kier alpha value is -0.670. The lowest BCUT2D eigenvalue weighted by molar-refractivity contribution is 0.403. The Kier molecular flexibility index (Phi) is 5.39. The third-order valence-electron chi connectivity index (χ3n) is 3.61. The second-order valence-corrected chi connectivity index (χ2v) is 6.33. The van der Waals surface area contributed by atoms with E-state index < -0.39 is 0 Å². The highest BCUT2D eigenvalue weighted by atomic mass is 32.2. The van der Waals surface area contributed by atoms with Crippen molar-refractivity contribution in [3.05, 3.63) is 29.8 Å². The Morgan fingerprint density at radius 1 is 1.39 bits per heavy atom.